The van der Waals surface area contributed by atoms with Gasteiger partial charge in [-0.2, -0.15) is 18.4 Å². The Kier molecular flexibility index (Phi) is 4.84. The Morgan fingerprint density at radius 3 is 2.40 bits per heavy atom. The van der Waals surface area contributed by atoms with E-state index in [2.05, 4.69) is 18.1 Å². The van der Waals surface area contributed by atoms with Crippen LogP contribution in [0.5, 0.6) is 0 Å². The van der Waals surface area contributed by atoms with E-state index in [1.165, 1.54) is 12.1 Å². The first-order valence-electron chi connectivity index (χ1n) is 7.05. The van der Waals surface area contributed by atoms with Crippen LogP contribution in [0.3, 0.4) is 0 Å². The number of nitrogen functional groups attached to an aromatic ring is 1. The van der Waals surface area contributed by atoms with Gasteiger partial charge in [0.15, 0.2) is 0 Å². The average Bonchev–Trinajstić information content (AvgIpc) is 2.55. The number of benzene rings is 1. The van der Waals surface area contributed by atoms with E-state index in [1.54, 1.807) is 6.92 Å². The lowest BCUT2D eigenvalue weighted by atomic mass is 9.94. The summed E-state index contributed by atoms with van der Waals surface area (Å²) >= 11 is 0. The molecule has 0 unspecified atom stereocenters. The Morgan fingerprint density at radius 1 is 1.32 bits per heavy atom. The van der Waals surface area contributed by atoms with Crippen LogP contribution in [-0.2, 0) is 10.9 Å². The van der Waals surface area contributed by atoms with Gasteiger partial charge < -0.3 is 10.5 Å². The molecule has 2 rings (SSSR count). The summed E-state index contributed by atoms with van der Waals surface area (Å²) in [6.45, 7) is 8.79. The quantitative estimate of drug-likeness (QED) is 0.818. The fourth-order valence-electron chi connectivity index (χ4n) is 2.42. The van der Waals surface area contributed by atoms with Crippen LogP contribution in [0.4, 0.5) is 19.0 Å². The van der Waals surface area contributed by atoms with Crippen molar-refractivity contribution < 1.29 is 17.9 Å². The molecule has 25 heavy (non-hydrogen) atoms. The Hall–Kier alpha value is -3.27. The second-order valence-corrected chi connectivity index (χ2v) is 5.12. The van der Waals surface area contributed by atoms with Crippen molar-refractivity contribution in [1.29, 1.82) is 5.26 Å². The monoisotopic (exact) mass is 345 g/mol. The van der Waals surface area contributed by atoms with E-state index in [1.807, 2.05) is 6.07 Å². The predicted octanol–water partition coefficient (Wildman–Crippen LogP) is 4.66. The fraction of sp³-hybridized carbons (Fsp3) is 0.111. The van der Waals surface area contributed by atoms with E-state index in [4.69, 9.17) is 10.5 Å². The van der Waals surface area contributed by atoms with Gasteiger partial charge in [0.05, 0.1) is 11.8 Å². The highest BCUT2D eigenvalue weighted by Gasteiger charge is 2.30. The molecule has 0 saturated heterocycles. The van der Waals surface area contributed by atoms with Crippen molar-refractivity contribution in [1.82, 2.24) is 4.98 Å². The average molecular weight is 345 g/mol. The summed E-state index contributed by atoms with van der Waals surface area (Å²) in [5, 5.41) is 9.38. The largest absolute Gasteiger partial charge is 0.464 e. The molecule has 2 aromatic rings. The zero-order valence-electron chi connectivity index (χ0n) is 13.3. The normalized spacial score (nSPS) is 10.8. The Balaban J connectivity index is 2.69. The van der Waals surface area contributed by atoms with Gasteiger partial charge in [-0.1, -0.05) is 25.3 Å². The maximum absolute atomic E-state index is 12.7. The minimum atomic E-state index is -4.44. The molecule has 0 spiro atoms. The van der Waals surface area contributed by atoms with E-state index < -0.39 is 11.7 Å². The van der Waals surface area contributed by atoms with Gasteiger partial charge in [0.2, 0.25) is 0 Å². The van der Waals surface area contributed by atoms with Crippen LogP contribution < -0.4 is 5.73 Å². The first kappa shape index (κ1) is 18.1. The number of halogens is 3. The zero-order chi connectivity index (χ0) is 18.8. The molecular weight excluding hydrogens is 331 g/mol. The second-order valence-electron chi connectivity index (χ2n) is 5.12. The van der Waals surface area contributed by atoms with Crippen LogP contribution in [-0.4, -0.2) is 4.98 Å². The molecule has 7 heteroatoms. The first-order valence-corrected chi connectivity index (χ1v) is 7.05. The van der Waals surface area contributed by atoms with Crippen LogP contribution in [0.15, 0.2) is 43.7 Å². The number of hydrogen-bond acceptors (Lipinski definition) is 4. The van der Waals surface area contributed by atoms with Gasteiger partial charge in [0, 0.05) is 5.56 Å². The third-order valence-electron chi connectivity index (χ3n) is 3.57. The lowest BCUT2D eigenvalue weighted by molar-refractivity contribution is -0.137. The topological polar surface area (TPSA) is 71.9 Å². The number of nitriles is 1. The summed E-state index contributed by atoms with van der Waals surface area (Å²) in [7, 11) is 0. The minimum Gasteiger partial charge on any atom is -0.464 e. The minimum absolute atomic E-state index is 0.0631. The molecule has 0 radical (unpaired) electrons. The van der Waals surface area contributed by atoms with Crippen LogP contribution in [0.2, 0.25) is 0 Å². The molecule has 0 bridgehead atoms. The summed E-state index contributed by atoms with van der Waals surface area (Å²) in [4.78, 5) is 4.11. The first-order chi connectivity index (χ1) is 11.7. The van der Waals surface area contributed by atoms with Crippen LogP contribution in [0, 0.1) is 18.3 Å². The van der Waals surface area contributed by atoms with E-state index in [-0.39, 0.29) is 17.1 Å². The number of nitrogens with zero attached hydrogens (tertiary/aromatic N) is 2. The molecule has 0 amide bonds. The van der Waals surface area contributed by atoms with Crippen LogP contribution >= 0.6 is 0 Å². The van der Waals surface area contributed by atoms with Gasteiger partial charge >= 0.3 is 6.18 Å². The molecule has 1 heterocycles. The summed E-state index contributed by atoms with van der Waals surface area (Å²) in [5.74, 6) is 0.101. The number of rotatable bonds is 4. The molecule has 0 fully saturated rings. The number of aromatic nitrogens is 1. The number of nitrogens with two attached hydrogens (primary N) is 1. The number of pyridine rings is 1. The molecule has 0 saturated carbocycles. The van der Waals surface area contributed by atoms with E-state index >= 15 is 0 Å². The summed E-state index contributed by atoms with van der Waals surface area (Å²) < 4.78 is 43.3. The van der Waals surface area contributed by atoms with Crippen molar-refractivity contribution in [2.24, 2.45) is 0 Å². The second kappa shape index (κ2) is 6.69. The maximum Gasteiger partial charge on any atom is 0.416 e. The molecule has 128 valence electrons. The highest BCUT2D eigenvalue weighted by molar-refractivity contribution is 5.82. The predicted molar refractivity (Wildman–Crippen MR) is 88.9 cm³/mol. The summed E-state index contributed by atoms with van der Waals surface area (Å²) in [6, 6.07) is 6.41. The van der Waals surface area contributed by atoms with Gasteiger partial charge in [-0.3, -0.25) is 0 Å². The summed E-state index contributed by atoms with van der Waals surface area (Å²) in [5.41, 5.74) is 6.73. The van der Waals surface area contributed by atoms with Crippen molar-refractivity contribution >= 4 is 11.6 Å². The highest BCUT2D eigenvalue weighted by atomic mass is 19.4. The Morgan fingerprint density at radius 2 is 1.92 bits per heavy atom. The van der Waals surface area contributed by atoms with Gasteiger partial charge in [-0.05, 0) is 30.2 Å². The van der Waals surface area contributed by atoms with Crippen molar-refractivity contribution in [2.75, 3.05) is 5.73 Å². The van der Waals surface area contributed by atoms with Crippen molar-refractivity contribution in [2.45, 2.75) is 13.1 Å². The van der Waals surface area contributed by atoms with E-state index in [0.29, 0.717) is 22.4 Å². The van der Waals surface area contributed by atoms with Crippen LogP contribution in [0.1, 0.15) is 22.4 Å². The van der Waals surface area contributed by atoms with Gasteiger partial charge in [0.1, 0.15) is 28.9 Å². The van der Waals surface area contributed by atoms with Crippen LogP contribution in [0.25, 0.3) is 16.9 Å². The van der Waals surface area contributed by atoms with E-state index in [0.717, 1.165) is 18.4 Å². The Bertz CT molecular complexity index is 878. The number of alkyl halides is 3. The number of ether oxygens (including phenoxy) is 1. The van der Waals surface area contributed by atoms with Gasteiger partial charge in [0.25, 0.3) is 0 Å². The van der Waals surface area contributed by atoms with E-state index in [9.17, 15) is 18.4 Å². The third-order valence-corrected chi connectivity index (χ3v) is 3.57. The molecule has 0 aliphatic heterocycles. The standard InChI is InChI=1S/C18H14F3N3O/c1-4-25-11(3)16-10(2)15(14(9-22)17(23)24-16)12-5-7-13(8-6-12)18(19,20)21/h4-8H,1,3H2,2H3,(H2,23,24). The molecule has 0 aliphatic rings. The van der Waals surface area contributed by atoms with Gasteiger partial charge in [-0.15, -0.1) is 0 Å². The number of anilines is 1. The third kappa shape index (κ3) is 3.48. The molecule has 0 aliphatic carbocycles. The molecule has 0 atom stereocenters. The number of hydrogen-bond donors (Lipinski definition) is 1. The molecule has 4 nitrogen and oxygen atoms in total. The highest BCUT2D eigenvalue weighted by Crippen LogP contribution is 2.36. The Labute approximate surface area is 142 Å². The van der Waals surface area contributed by atoms with Crippen molar-refractivity contribution in [3.8, 4) is 17.2 Å². The summed E-state index contributed by atoms with van der Waals surface area (Å²) in [6.07, 6.45) is -3.28. The zero-order valence-corrected chi connectivity index (χ0v) is 13.3. The molecular formula is C18H14F3N3O. The van der Waals surface area contributed by atoms with Crippen molar-refractivity contribution in [3.05, 3.63) is 66.1 Å². The molecule has 1 aromatic carbocycles. The molecule has 2 N–H and O–H groups in total. The smallest absolute Gasteiger partial charge is 0.416 e. The van der Waals surface area contributed by atoms with Gasteiger partial charge in [-0.25, -0.2) is 4.98 Å². The molecule has 1 aromatic heterocycles. The fourth-order valence-corrected chi connectivity index (χ4v) is 2.42. The lowest BCUT2D eigenvalue weighted by Crippen LogP contribution is -2.07. The maximum atomic E-state index is 12.7. The SMILES string of the molecule is C=COC(=C)c1nc(N)c(C#N)c(-c2ccc(C(F)(F)F)cc2)c1C. The van der Waals surface area contributed by atoms with Crippen molar-refractivity contribution in [3.63, 3.8) is 0 Å². The lowest BCUT2D eigenvalue weighted by Gasteiger charge is -2.16.